The molecule has 1 N–H and O–H groups in total. The van der Waals surface area contributed by atoms with Crippen molar-refractivity contribution in [2.24, 2.45) is 0 Å². The van der Waals surface area contributed by atoms with Crippen LogP contribution in [0.2, 0.25) is 5.02 Å². The largest absolute Gasteiger partial charge is 0.322 e. The molecule has 1 amide bonds. The molecule has 0 fully saturated rings. The van der Waals surface area contributed by atoms with E-state index in [0.717, 1.165) is 5.56 Å². The summed E-state index contributed by atoms with van der Waals surface area (Å²) >= 11 is 5.98. The van der Waals surface area contributed by atoms with Gasteiger partial charge >= 0.3 is 0 Å². The number of nitrogens with zero attached hydrogens (tertiary/aromatic N) is 1. The first-order valence-electron chi connectivity index (χ1n) is 6.45. The molecule has 0 unspecified atom stereocenters. The van der Waals surface area contributed by atoms with E-state index in [1.165, 1.54) is 24.3 Å². The zero-order valence-corrected chi connectivity index (χ0v) is 12.5. The lowest BCUT2D eigenvalue weighted by atomic mass is 10.2. The number of nitro groups is 1. The molecule has 0 bridgehead atoms. The molecule has 2 rings (SSSR count). The number of aryl methyl sites for hydroxylation is 1. The summed E-state index contributed by atoms with van der Waals surface area (Å²) in [5, 5.41) is 13.9. The van der Waals surface area contributed by atoms with Crippen LogP contribution < -0.4 is 5.32 Å². The molecule has 0 radical (unpaired) electrons. The second-order valence-corrected chi connectivity index (χ2v) is 5.05. The van der Waals surface area contributed by atoms with E-state index in [-0.39, 0.29) is 11.6 Å². The summed E-state index contributed by atoms with van der Waals surface area (Å²) in [4.78, 5) is 22.0. The summed E-state index contributed by atoms with van der Waals surface area (Å²) in [6.45, 7) is 1.87. The van der Waals surface area contributed by atoms with Crippen molar-refractivity contribution in [1.82, 2.24) is 0 Å². The van der Waals surface area contributed by atoms with E-state index in [0.29, 0.717) is 16.3 Å². The maximum atomic E-state index is 11.8. The van der Waals surface area contributed by atoms with Crippen molar-refractivity contribution in [2.75, 3.05) is 5.32 Å². The van der Waals surface area contributed by atoms with Crippen LogP contribution in [0.15, 0.2) is 48.5 Å². The third kappa shape index (κ3) is 4.17. The lowest BCUT2D eigenvalue weighted by Gasteiger charge is -2.04. The van der Waals surface area contributed by atoms with Gasteiger partial charge in [0.25, 0.3) is 5.69 Å². The second-order valence-electron chi connectivity index (χ2n) is 4.64. The molecular weight excluding hydrogens is 304 g/mol. The summed E-state index contributed by atoms with van der Waals surface area (Å²) in [6.07, 6.45) is 2.82. The molecule has 6 heteroatoms. The number of benzene rings is 2. The van der Waals surface area contributed by atoms with Crippen molar-refractivity contribution >= 4 is 35.0 Å². The zero-order valence-electron chi connectivity index (χ0n) is 11.7. The van der Waals surface area contributed by atoms with Gasteiger partial charge in [-0.25, -0.2) is 0 Å². The Morgan fingerprint density at radius 2 is 2.05 bits per heavy atom. The highest BCUT2D eigenvalue weighted by Gasteiger charge is 2.04. The number of non-ortho nitro benzene ring substituents is 1. The Balaban J connectivity index is 2.06. The first-order chi connectivity index (χ1) is 10.5. The summed E-state index contributed by atoms with van der Waals surface area (Å²) in [5.74, 6) is -0.341. The van der Waals surface area contributed by atoms with Crippen molar-refractivity contribution < 1.29 is 9.72 Å². The smallest absolute Gasteiger partial charge is 0.270 e. The molecule has 0 saturated carbocycles. The van der Waals surface area contributed by atoms with Crippen molar-refractivity contribution in [3.05, 3.63) is 74.8 Å². The Morgan fingerprint density at radius 1 is 1.27 bits per heavy atom. The number of hydrogen-bond donors (Lipinski definition) is 1. The van der Waals surface area contributed by atoms with Crippen LogP contribution in [0.5, 0.6) is 0 Å². The van der Waals surface area contributed by atoms with Crippen molar-refractivity contribution in [3.8, 4) is 0 Å². The Morgan fingerprint density at radius 3 is 2.73 bits per heavy atom. The normalized spacial score (nSPS) is 10.6. The Labute approximate surface area is 132 Å². The zero-order chi connectivity index (χ0) is 16.1. The van der Waals surface area contributed by atoms with E-state index in [9.17, 15) is 14.9 Å². The number of nitrogens with one attached hydrogen (secondary N) is 1. The third-order valence-electron chi connectivity index (χ3n) is 2.95. The fraction of sp³-hybridized carbons (Fsp3) is 0.0625. The first kappa shape index (κ1) is 15.7. The molecule has 112 valence electrons. The number of amides is 1. The SMILES string of the molecule is Cc1ccc(NC(=O)C=Cc2cccc([N+](=O)[O-])c2)cc1Cl. The minimum absolute atomic E-state index is 0.0205. The molecule has 5 nitrogen and oxygen atoms in total. The molecule has 0 aliphatic heterocycles. The standard InChI is InChI=1S/C16H13ClN2O3/c1-11-5-7-13(10-15(11)17)18-16(20)8-6-12-3-2-4-14(9-12)19(21)22/h2-10H,1H3,(H,18,20). The van der Waals surface area contributed by atoms with E-state index in [2.05, 4.69) is 5.32 Å². The van der Waals surface area contributed by atoms with Crippen molar-refractivity contribution in [2.45, 2.75) is 6.92 Å². The van der Waals surface area contributed by atoms with E-state index in [1.807, 2.05) is 13.0 Å². The van der Waals surface area contributed by atoms with Gasteiger partial charge in [0.1, 0.15) is 0 Å². The van der Waals surface area contributed by atoms with Crippen LogP contribution in [0.4, 0.5) is 11.4 Å². The summed E-state index contributed by atoms with van der Waals surface area (Å²) in [7, 11) is 0. The van der Waals surface area contributed by atoms with Gasteiger partial charge in [0.15, 0.2) is 0 Å². The number of carbonyl (C=O) groups is 1. The minimum atomic E-state index is -0.480. The summed E-state index contributed by atoms with van der Waals surface area (Å²) < 4.78 is 0. The molecule has 0 heterocycles. The molecule has 2 aromatic carbocycles. The van der Waals surface area contributed by atoms with Crippen LogP contribution in [-0.2, 0) is 4.79 Å². The maximum Gasteiger partial charge on any atom is 0.270 e. The predicted molar refractivity (Wildman–Crippen MR) is 86.9 cm³/mol. The molecule has 0 atom stereocenters. The Hall–Kier alpha value is -2.66. The van der Waals surface area contributed by atoms with E-state index in [4.69, 9.17) is 11.6 Å². The van der Waals surface area contributed by atoms with Gasteiger partial charge in [0, 0.05) is 28.9 Å². The van der Waals surface area contributed by atoms with Gasteiger partial charge < -0.3 is 5.32 Å². The molecule has 0 spiro atoms. The van der Waals surface area contributed by atoms with Gasteiger partial charge in [-0.1, -0.05) is 29.8 Å². The number of anilines is 1. The summed E-state index contributed by atoms with van der Waals surface area (Å²) in [6, 6.07) is 11.3. The first-order valence-corrected chi connectivity index (χ1v) is 6.83. The van der Waals surface area contributed by atoms with E-state index >= 15 is 0 Å². The van der Waals surface area contributed by atoms with Gasteiger partial charge in [0.2, 0.25) is 5.91 Å². The van der Waals surface area contributed by atoms with Crippen molar-refractivity contribution in [3.63, 3.8) is 0 Å². The monoisotopic (exact) mass is 316 g/mol. The van der Waals surface area contributed by atoms with Gasteiger partial charge in [-0.15, -0.1) is 0 Å². The van der Waals surface area contributed by atoms with Crippen LogP contribution >= 0.6 is 11.6 Å². The van der Waals surface area contributed by atoms with E-state index in [1.54, 1.807) is 24.3 Å². The fourth-order valence-corrected chi connectivity index (χ4v) is 1.95. The lowest BCUT2D eigenvalue weighted by molar-refractivity contribution is -0.384. The average Bonchev–Trinajstić information content (AvgIpc) is 2.49. The number of nitro benzene ring substituents is 1. The maximum absolute atomic E-state index is 11.8. The third-order valence-corrected chi connectivity index (χ3v) is 3.35. The quantitative estimate of drug-likeness (QED) is 0.521. The lowest BCUT2D eigenvalue weighted by Crippen LogP contribution is -2.07. The molecule has 22 heavy (non-hydrogen) atoms. The Kier molecular flexibility index (Phi) is 4.91. The average molecular weight is 317 g/mol. The number of carbonyl (C=O) groups excluding carboxylic acids is 1. The molecule has 0 aliphatic rings. The highest BCUT2D eigenvalue weighted by molar-refractivity contribution is 6.31. The van der Waals surface area contributed by atoms with Crippen LogP contribution in [0.25, 0.3) is 6.08 Å². The molecule has 0 saturated heterocycles. The minimum Gasteiger partial charge on any atom is -0.322 e. The van der Waals surface area contributed by atoms with Gasteiger partial charge in [-0.3, -0.25) is 14.9 Å². The van der Waals surface area contributed by atoms with Crippen LogP contribution in [-0.4, -0.2) is 10.8 Å². The Bertz CT molecular complexity index is 757. The van der Waals surface area contributed by atoms with Crippen molar-refractivity contribution in [1.29, 1.82) is 0 Å². The van der Waals surface area contributed by atoms with Gasteiger partial charge in [0.05, 0.1) is 4.92 Å². The highest BCUT2D eigenvalue weighted by Crippen LogP contribution is 2.20. The molecule has 0 aromatic heterocycles. The summed E-state index contributed by atoms with van der Waals surface area (Å²) in [5.41, 5.74) is 2.07. The predicted octanol–water partition coefficient (Wildman–Crippen LogP) is 4.21. The van der Waals surface area contributed by atoms with E-state index < -0.39 is 4.92 Å². The van der Waals surface area contributed by atoms with Crippen LogP contribution in [0.1, 0.15) is 11.1 Å². The molecule has 2 aromatic rings. The topological polar surface area (TPSA) is 72.2 Å². The highest BCUT2D eigenvalue weighted by atomic mass is 35.5. The van der Waals surface area contributed by atoms with Gasteiger partial charge in [-0.2, -0.15) is 0 Å². The number of halogens is 1. The molecular formula is C16H13ClN2O3. The van der Waals surface area contributed by atoms with Gasteiger partial charge in [-0.05, 0) is 36.3 Å². The second kappa shape index (κ2) is 6.87. The van der Waals surface area contributed by atoms with Crippen LogP contribution in [0.3, 0.4) is 0 Å². The fourth-order valence-electron chi connectivity index (χ4n) is 1.77. The molecule has 0 aliphatic carbocycles. The number of hydrogen-bond acceptors (Lipinski definition) is 3. The van der Waals surface area contributed by atoms with Crippen LogP contribution in [0, 0.1) is 17.0 Å². The number of rotatable bonds is 4.